The van der Waals surface area contributed by atoms with Crippen LogP contribution in [-0.2, 0) is 19.2 Å². The van der Waals surface area contributed by atoms with Crippen LogP contribution < -0.4 is 0 Å². The molecule has 1 aliphatic heterocycles. The van der Waals surface area contributed by atoms with Gasteiger partial charge < -0.3 is 15.3 Å². The van der Waals surface area contributed by atoms with Gasteiger partial charge in [0.15, 0.2) is 0 Å². The van der Waals surface area contributed by atoms with Crippen molar-refractivity contribution < 1.29 is 34.5 Å². The van der Waals surface area contributed by atoms with Crippen molar-refractivity contribution in [1.82, 2.24) is 19.8 Å². The predicted molar refractivity (Wildman–Crippen MR) is 80.1 cm³/mol. The van der Waals surface area contributed by atoms with Gasteiger partial charge in [-0.25, -0.2) is 5.01 Å². The molecule has 0 atom stereocenters. The molecule has 11 nitrogen and oxygen atoms in total. The average Bonchev–Trinajstić information content (AvgIpc) is 2.47. The van der Waals surface area contributed by atoms with E-state index in [1.807, 2.05) is 0 Å². The maximum absolute atomic E-state index is 11.3. The topological polar surface area (TPSA) is 142 Å². The fourth-order valence-electron chi connectivity index (χ4n) is 2.42. The number of amides is 1. The lowest BCUT2D eigenvalue weighted by molar-refractivity contribution is -0.151. The number of carbonyl (C=O) groups is 4. The van der Waals surface area contributed by atoms with Crippen molar-refractivity contribution in [2.45, 2.75) is 0 Å². The number of aliphatic carboxylic acids is 3. The second-order valence-corrected chi connectivity index (χ2v) is 5.39. The molecule has 0 aromatic carbocycles. The molecule has 24 heavy (non-hydrogen) atoms. The zero-order chi connectivity index (χ0) is 18.1. The molecule has 0 aromatic heterocycles. The minimum absolute atomic E-state index is 0.156. The Morgan fingerprint density at radius 1 is 0.708 bits per heavy atom. The third-order valence-electron chi connectivity index (χ3n) is 3.57. The van der Waals surface area contributed by atoms with Crippen LogP contribution in [0.4, 0.5) is 0 Å². The standard InChI is InChI=1S/C13H22N4O7/c18-10-17-6-4-15(8-12(21)22)2-1-14(7-11(19)20)3-5-16(17)9-13(23)24/h10H,1-9H2,(H,19,20)(H,21,22)(H,23,24). The molecule has 0 spiro atoms. The van der Waals surface area contributed by atoms with E-state index in [0.29, 0.717) is 19.5 Å². The molecule has 3 N–H and O–H groups in total. The Morgan fingerprint density at radius 3 is 1.54 bits per heavy atom. The van der Waals surface area contributed by atoms with Crippen LogP contribution in [0.2, 0.25) is 0 Å². The fourth-order valence-corrected chi connectivity index (χ4v) is 2.42. The van der Waals surface area contributed by atoms with E-state index in [9.17, 15) is 19.2 Å². The number of carboxylic acids is 3. The summed E-state index contributed by atoms with van der Waals surface area (Å²) in [5.74, 6) is -3.18. The summed E-state index contributed by atoms with van der Waals surface area (Å²) in [7, 11) is 0. The summed E-state index contributed by atoms with van der Waals surface area (Å²) < 4.78 is 0. The first-order valence-electron chi connectivity index (χ1n) is 7.38. The van der Waals surface area contributed by atoms with Gasteiger partial charge in [-0.15, -0.1) is 0 Å². The molecule has 1 fully saturated rings. The van der Waals surface area contributed by atoms with E-state index >= 15 is 0 Å². The SMILES string of the molecule is O=CN1CCN(CC(=O)O)CCN(CC(=O)O)CCN1CC(=O)O. The Bertz CT molecular complexity index is 473. The van der Waals surface area contributed by atoms with Crippen LogP contribution in [0.3, 0.4) is 0 Å². The molecular formula is C13H22N4O7. The molecule has 1 amide bonds. The molecule has 1 saturated heterocycles. The van der Waals surface area contributed by atoms with Gasteiger partial charge in [-0.1, -0.05) is 0 Å². The van der Waals surface area contributed by atoms with Gasteiger partial charge >= 0.3 is 17.9 Å². The molecule has 0 bridgehead atoms. The maximum atomic E-state index is 11.3. The Hall–Kier alpha value is -2.24. The molecule has 0 radical (unpaired) electrons. The smallest absolute Gasteiger partial charge is 0.319 e. The summed E-state index contributed by atoms with van der Waals surface area (Å²) in [5, 5.41) is 29.4. The highest BCUT2D eigenvalue weighted by molar-refractivity contribution is 5.70. The molecular weight excluding hydrogens is 324 g/mol. The zero-order valence-electron chi connectivity index (χ0n) is 13.2. The largest absolute Gasteiger partial charge is 0.480 e. The van der Waals surface area contributed by atoms with Crippen LogP contribution in [-0.4, -0.2) is 118 Å². The van der Waals surface area contributed by atoms with Crippen molar-refractivity contribution >= 4 is 24.3 Å². The number of nitrogens with zero attached hydrogens (tertiary/aromatic N) is 4. The monoisotopic (exact) mass is 346 g/mol. The fraction of sp³-hybridized carbons (Fsp3) is 0.692. The highest BCUT2D eigenvalue weighted by Gasteiger charge is 2.22. The van der Waals surface area contributed by atoms with Gasteiger partial charge in [0.25, 0.3) is 0 Å². The lowest BCUT2D eigenvalue weighted by Gasteiger charge is -2.36. The number of hydrazine groups is 1. The van der Waals surface area contributed by atoms with Crippen LogP contribution in [0.1, 0.15) is 0 Å². The highest BCUT2D eigenvalue weighted by Crippen LogP contribution is 2.03. The van der Waals surface area contributed by atoms with Crippen molar-refractivity contribution in [2.75, 3.05) is 58.9 Å². The van der Waals surface area contributed by atoms with Gasteiger partial charge in [-0.05, 0) is 0 Å². The van der Waals surface area contributed by atoms with Gasteiger partial charge in [-0.2, -0.15) is 0 Å². The molecule has 11 heteroatoms. The number of hydrogen-bond donors (Lipinski definition) is 3. The second-order valence-electron chi connectivity index (χ2n) is 5.39. The van der Waals surface area contributed by atoms with Gasteiger partial charge in [0, 0.05) is 32.7 Å². The normalized spacial score (nSPS) is 18.9. The first kappa shape index (κ1) is 19.8. The molecule has 1 rings (SSSR count). The molecule has 0 unspecified atom stereocenters. The van der Waals surface area contributed by atoms with Crippen LogP contribution in [0.5, 0.6) is 0 Å². The average molecular weight is 346 g/mol. The number of rotatable bonds is 7. The van der Waals surface area contributed by atoms with Crippen LogP contribution in [0, 0.1) is 0 Å². The van der Waals surface area contributed by atoms with Crippen molar-refractivity contribution in [3.63, 3.8) is 0 Å². The Morgan fingerprint density at radius 2 is 1.12 bits per heavy atom. The summed E-state index contributed by atoms with van der Waals surface area (Å²) in [6, 6.07) is 0. The van der Waals surface area contributed by atoms with E-state index in [0.717, 1.165) is 0 Å². The minimum atomic E-state index is -1.12. The molecule has 0 aromatic rings. The van der Waals surface area contributed by atoms with Gasteiger partial charge in [-0.3, -0.25) is 34.0 Å². The molecule has 136 valence electrons. The Kier molecular flexibility index (Phi) is 8.09. The van der Waals surface area contributed by atoms with Crippen molar-refractivity contribution in [3.05, 3.63) is 0 Å². The van der Waals surface area contributed by atoms with Crippen LogP contribution in [0.25, 0.3) is 0 Å². The Labute approximate surface area is 138 Å². The van der Waals surface area contributed by atoms with Gasteiger partial charge in [0.1, 0.15) is 6.54 Å². The molecule has 1 aliphatic rings. The number of carbonyl (C=O) groups excluding carboxylic acids is 1. The molecule has 1 heterocycles. The lowest BCUT2D eigenvalue weighted by atomic mass is 10.3. The number of carboxylic acid groups (broad SMARTS) is 3. The van der Waals surface area contributed by atoms with E-state index in [1.54, 1.807) is 9.80 Å². The summed E-state index contributed by atoms with van der Waals surface area (Å²) in [5.41, 5.74) is 0. The first-order chi connectivity index (χ1) is 11.3. The van der Waals surface area contributed by atoms with E-state index in [1.165, 1.54) is 10.0 Å². The van der Waals surface area contributed by atoms with Crippen molar-refractivity contribution in [3.8, 4) is 0 Å². The summed E-state index contributed by atoms with van der Waals surface area (Å²) in [4.78, 5) is 47.2. The second kappa shape index (κ2) is 9.80. The van der Waals surface area contributed by atoms with Crippen LogP contribution >= 0.6 is 0 Å². The van der Waals surface area contributed by atoms with Crippen molar-refractivity contribution in [2.24, 2.45) is 0 Å². The molecule has 0 saturated carbocycles. The molecule has 0 aliphatic carbocycles. The maximum Gasteiger partial charge on any atom is 0.319 e. The highest BCUT2D eigenvalue weighted by atomic mass is 16.4. The Balaban J connectivity index is 2.89. The summed E-state index contributed by atoms with van der Waals surface area (Å²) in [6.07, 6.45) is 0.491. The number of hydrogen-bond acceptors (Lipinski definition) is 7. The summed E-state index contributed by atoms with van der Waals surface area (Å²) in [6.45, 7) is 0.591. The van der Waals surface area contributed by atoms with Crippen molar-refractivity contribution in [1.29, 1.82) is 0 Å². The zero-order valence-corrected chi connectivity index (χ0v) is 13.2. The van der Waals surface area contributed by atoms with E-state index in [4.69, 9.17) is 15.3 Å². The van der Waals surface area contributed by atoms with E-state index in [2.05, 4.69) is 0 Å². The van der Waals surface area contributed by atoms with E-state index in [-0.39, 0.29) is 39.3 Å². The third kappa shape index (κ3) is 7.35. The van der Waals surface area contributed by atoms with Gasteiger partial charge in [0.05, 0.1) is 19.6 Å². The minimum Gasteiger partial charge on any atom is -0.480 e. The summed E-state index contributed by atoms with van der Waals surface area (Å²) >= 11 is 0. The van der Waals surface area contributed by atoms with Crippen LogP contribution in [0.15, 0.2) is 0 Å². The quantitative estimate of drug-likeness (QED) is 0.425. The first-order valence-corrected chi connectivity index (χ1v) is 7.38. The lowest BCUT2D eigenvalue weighted by Crippen LogP contribution is -2.53. The van der Waals surface area contributed by atoms with Gasteiger partial charge in [0.2, 0.25) is 6.41 Å². The predicted octanol–water partition coefficient (Wildman–Crippen LogP) is -2.47. The third-order valence-corrected chi connectivity index (χ3v) is 3.57. The van der Waals surface area contributed by atoms with E-state index < -0.39 is 24.5 Å².